The van der Waals surface area contributed by atoms with Gasteiger partial charge in [-0.15, -0.1) is 0 Å². The molecular weight excluding hydrogens is 717 g/mol. The van der Waals surface area contributed by atoms with Crippen molar-refractivity contribution < 1.29 is 4.42 Å². The molecule has 2 heterocycles. The Labute approximate surface area is 341 Å². The number of furan rings is 1. The van der Waals surface area contributed by atoms with E-state index >= 15 is 0 Å². The van der Waals surface area contributed by atoms with Gasteiger partial charge in [0.1, 0.15) is 11.2 Å². The summed E-state index contributed by atoms with van der Waals surface area (Å²) in [5.74, 6) is 0. The lowest BCUT2D eigenvalue weighted by atomic mass is 9.93. The van der Waals surface area contributed by atoms with Crippen LogP contribution in [0.3, 0.4) is 0 Å². The largest absolute Gasteiger partial charge is 0.455 e. The summed E-state index contributed by atoms with van der Waals surface area (Å²) in [5, 5.41) is 9.61. The highest BCUT2D eigenvalue weighted by molar-refractivity contribution is 6.18. The van der Waals surface area contributed by atoms with Gasteiger partial charge >= 0.3 is 0 Å². The van der Waals surface area contributed by atoms with Crippen molar-refractivity contribution in [2.75, 3.05) is 4.90 Å². The highest BCUT2D eigenvalue weighted by Gasteiger charge is 2.24. The molecule has 10 aromatic carbocycles. The van der Waals surface area contributed by atoms with Crippen LogP contribution in [0.1, 0.15) is 0 Å². The predicted molar refractivity (Wildman–Crippen MR) is 249 cm³/mol. The van der Waals surface area contributed by atoms with Gasteiger partial charge in [-0.3, -0.25) is 0 Å². The van der Waals surface area contributed by atoms with Gasteiger partial charge in [-0.2, -0.15) is 0 Å². The van der Waals surface area contributed by atoms with E-state index in [-0.39, 0.29) is 0 Å². The van der Waals surface area contributed by atoms with Gasteiger partial charge in [-0.1, -0.05) is 152 Å². The van der Waals surface area contributed by atoms with E-state index in [0.29, 0.717) is 0 Å². The lowest BCUT2D eigenvalue weighted by Gasteiger charge is -2.27. The number of anilines is 3. The topological polar surface area (TPSA) is 21.3 Å². The van der Waals surface area contributed by atoms with Crippen LogP contribution in [0.15, 0.2) is 223 Å². The molecule has 0 bridgehead atoms. The molecule has 59 heavy (non-hydrogen) atoms. The lowest BCUT2D eigenvalue weighted by molar-refractivity contribution is 0.670. The molecule has 276 valence electrons. The summed E-state index contributed by atoms with van der Waals surface area (Å²) in [6.07, 6.45) is 0. The van der Waals surface area contributed by atoms with E-state index in [4.69, 9.17) is 4.42 Å². The molecule has 3 nitrogen and oxygen atoms in total. The standard InChI is InChI=1S/C56H36N2O/c1-2-19-39(20-3-1)57(40-21-16-18-37(35-40)49-36-38-17-4-5-22-41(38)42-23-6-7-24-43(42)49)53-34-33-47(56-55(53)48-28-11-15-32-54(48)59-56)46-27-10-14-31-52(46)58-50-29-12-8-25-44(50)45-26-9-13-30-51(45)58/h1-36H. The third kappa shape index (κ3) is 5.22. The smallest absolute Gasteiger partial charge is 0.145 e. The van der Waals surface area contributed by atoms with Gasteiger partial charge in [0.25, 0.3) is 0 Å². The first kappa shape index (κ1) is 33.3. The normalized spacial score (nSPS) is 11.7. The Balaban J connectivity index is 1.10. The van der Waals surface area contributed by atoms with E-state index in [1.807, 2.05) is 0 Å². The van der Waals surface area contributed by atoms with E-state index in [2.05, 4.69) is 228 Å². The molecule has 0 aliphatic heterocycles. The first-order valence-electron chi connectivity index (χ1n) is 20.2. The molecule has 0 saturated carbocycles. The van der Waals surface area contributed by atoms with E-state index < -0.39 is 0 Å². The van der Waals surface area contributed by atoms with E-state index in [0.717, 1.165) is 61.4 Å². The summed E-state index contributed by atoms with van der Waals surface area (Å²) >= 11 is 0. The molecule has 0 fully saturated rings. The second-order valence-electron chi connectivity index (χ2n) is 15.2. The van der Waals surface area contributed by atoms with Gasteiger partial charge in [-0.25, -0.2) is 0 Å². The number of nitrogens with zero attached hydrogens (tertiary/aromatic N) is 2. The average molecular weight is 753 g/mol. The second kappa shape index (κ2) is 13.4. The Kier molecular flexibility index (Phi) is 7.54. The summed E-state index contributed by atoms with van der Waals surface area (Å²) < 4.78 is 9.40. The molecule has 0 aliphatic rings. The zero-order chi connectivity index (χ0) is 38.9. The van der Waals surface area contributed by atoms with Crippen molar-refractivity contribution in [3.05, 3.63) is 218 Å². The molecular formula is C56H36N2O. The molecule has 0 amide bonds. The number of benzene rings is 10. The zero-order valence-corrected chi connectivity index (χ0v) is 32.1. The Hall–Kier alpha value is -7.88. The van der Waals surface area contributed by atoms with Crippen LogP contribution in [-0.2, 0) is 0 Å². The summed E-state index contributed by atoms with van der Waals surface area (Å²) in [7, 11) is 0. The van der Waals surface area contributed by atoms with Crippen molar-refractivity contribution in [1.29, 1.82) is 0 Å². The van der Waals surface area contributed by atoms with Crippen LogP contribution in [0.4, 0.5) is 17.1 Å². The van der Waals surface area contributed by atoms with Gasteiger partial charge in [0, 0.05) is 38.7 Å². The quantitative estimate of drug-likeness (QED) is 0.158. The Bertz CT molecular complexity index is 3520. The van der Waals surface area contributed by atoms with Crippen molar-refractivity contribution in [1.82, 2.24) is 4.57 Å². The molecule has 3 heteroatoms. The van der Waals surface area contributed by atoms with Crippen molar-refractivity contribution in [3.8, 4) is 27.9 Å². The maximum Gasteiger partial charge on any atom is 0.145 e. The maximum absolute atomic E-state index is 6.99. The van der Waals surface area contributed by atoms with Gasteiger partial charge in [0.15, 0.2) is 0 Å². The number of para-hydroxylation sites is 5. The summed E-state index contributed by atoms with van der Waals surface area (Å²) in [5.41, 5.74) is 12.9. The minimum atomic E-state index is 0.856. The fourth-order valence-electron chi connectivity index (χ4n) is 9.40. The average Bonchev–Trinajstić information content (AvgIpc) is 3.86. The monoisotopic (exact) mass is 752 g/mol. The molecule has 0 unspecified atom stereocenters. The van der Waals surface area contributed by atoms with Gasteiger partial charge in [0.05, 0.1) is 27.8 Å². The molecule has 12 aromatic rings. The Morgan fingerprint density at radius 2 is 0.983 bits per heavy atom. The van der Waals surface area contributed by atoms with Crippen LogP contribution >= 0.6 is 0 Å². The van der Waals surface area contributed by atoms with Crippen molar-refractivity contribution in [2.24, 2.45) is 0 Å². The Morgan fingerprint density at radius 1 is 0.373 bits per heavy atom. The molecule has 0 aliphatic carbocycles. The van der Waals surface area contributed by atoms with Crippen LogP contribution in [0.25, 0.3) is 93.2 Å². The molecule has 0 atom stereocenters. The number of rotatable bonds is 6. The lowest BCUT2D eigenvalue weighted by Crippen LogP contribution is -2.10. The zero-order valence-electron chi connectivity index (χ0n) is 32.1. The first-order valence-corrected chi connectivity index (χ1v) is 20.2. The molecule has 0 radical (unpaired) electrons. The minimum Gasteiger partial charge on any atom is -0.455 e. The first-order chi connectivity index (χ1) is 29.3. The summed E-state index contributed by atoms with van der Waals surface area (Å²) in [4.78, 5) is 2.39. The Morgan fingerprint density at radius 3 is 1.78 bits per heavy atom. The van der Waals surface area contributed by atoms with Crippen LogP contribution in [0.5, 0.6) is 0 Å². The second-order valence-corrected chi connectivity index (χ2v) is 15.2. The molecule has 0 spiro atoms. The van der Waals surface area contributed by atoms with Crippen LogP contribution < -0.4 is 4.90 Å². The molecule has 12 rings (SSSR count). The highest BCUT2D eigenvalue weighted by Crippen LogP contribution is 2.48. The van der Waals surface area contributed by atoms with Crippen molar-refractivity contribution >= 4 is 82.4 Å². The highest BCUT2D eigenvalue weighted by atomic mass is 16.3. The number of aromatic nitrogens is 1. The molecule has 0 saturated heterocycles. The summed E-state index contributed by atoms with van der Waals surface area (Å²) in [6.45, 7) is 0. The van der Waals surface area contributed by atoms with Crippen LogP contribution in [0, 0.1) is 0 Å². The maximum atomic E-state index is 6.99. The third-order valence-electron chi connectivity index (χ3n) is 12.0. The molecule has 2 aromatic heterocycles. The van der Waals surface area contributed by atoms with Crippen molar-refractivity contribution in [3.63, 3.8) is 0 Å². The van der Waals surface area contributed by atoms with Gasteiger partial charge < -0.3 is 13.9 Å². The predicted octanol–water partition coefficient (Wildman–Crippen LogP) is 15.8. The van der Waals surface area contributed by atoms with Gasteiger partial charge in [0.2, 0.25) is 0 Å². The van der Waals surface area contributed by atoms with E-state index in [1.54, 1.807) is 0 Å². The summed E-state index contributed by atoms with van der Waals surface area (Å²) in [6, 6.07) is 78.6. The third-order valence-corrected chi connectivity index (χ3v) is 12.0. The SMILES string of the molecule is c1ccc(N(c2cccc(-c3cc4ccccc4c4ccccc34)c2)c2ccc(-c3ccccc3-n3c4ccccc4c4ccccc43)c3oc4ccccc4c23)cc1. The number of hydrogen-bond donors (Lipinski definition) is 0. The minimum absolute atomic E-state index is 0.856. The van der Waals surface area contributed by atoms with E-state index in [1.165, 1.54) is 48.9 Å². The van der Waals surface area contributed by atoms with Crippen LogP contribution in [0.2, 0.25) is 0 Å². The molecule has 0 N–H and O–H groups in total. The fraction of sp³-hybridized carbons (Fsp3) is 0. The fourth-order valence-corrected chi connectivity index (χ4v) is 9.40. The van der Waals surface area contributed by atoms with Crippen LogP contribution in [-0.4, -0.2) is 4.57 Å². The van der Waals surface area contributed by atoms with Crippen molar-refractivity contribution in [2.45, 2.75) is 0 Å². The number of fused-ring (bicyclic) bond motifs is 9. The number of hydrogen-bond acceptors (Lipinski definition) is 2. The van der Waals surface area contributed by atoms with E-state index in [9.17, 15) is 0 Å². The van der Waals surface area contributed by atoms with Gasteiger partial charge in [-0.05, 0) is 99.4 Å².